The van der Waals surface area contributed by atoms with E-state index in [2.05, 4.69) is 0 Å². The molecule has 4 heteroatoms. The van der Waals surface area contributed by atoms with Gasteiger partial charge in [0.1, 0.15) is 17.9 Å². The van der Waals surface area contributed by atoms with Crippen LogP contribution in [0, 0.1) is 5.82 Å². The maximum atomic E-state index is 13.0. The number of carbonyl (C=O) groups is 1. The van der Waals surface area contributed by atoms with Crippen LogP contribution < -0.4 is 9.64 Å². The molecule has 0 heterocycles. The molecule has 0 unspecified atom stereocenters. The number of hydrogen-bond acceptors (Lipinski definition) is 3. The van der Waals surface area contributed by atoms with Crippen molar-refractivity contribution in [2.75, 3.05) is 25.6 Å². The SMILES string of the molecule is CN(C)c1cc(F)ccc1OCCC=O. The molecule has 15 heavy (non-hydrogen) atoms. The fourth-order valence-corrected chi connectivity index (χ4v) is 1.18. The number of benzene rings is 1. The van der Waals surface area contributed by atoms with Crippen molar-refractivity contribution in [3.63, 3.8) is 0 Å². The fraction of sp³-hybridized carbons (Fsp3) is 0.364. The van der Waals surface area contributed by atoms with E-state index < -0.39 is 0 Å². The van der Waals surface area contributed by atoms with E-state index in [9.17, 15) is 9.18 Å². The Morgan fingerprint density at radius 1 is 1.47 bits per heavy atom. The average Bonchev–Trinajstić information content (AvgIpc) is 2.20. The first-order valence-electron chi connectivity index (χ1n) is 4.68. The van der Waals surface area contributed by atoms with E-state index in [4.69, 9.17) is 4.74 Å². The minimum atomic E-state index is -0.304. The summed E-state index contributed by atoms with van der Waals surface area (Å²) in [6.45, 7) is 0.315. The van der Waals surface area contributed by atoms with E-state index in [1.54, 1.807) is 25.1 Å². The largest absolute Gasteiger partial charge is 0.491 e. The van der Waals surface area contributed by atoms with E-state index in [1.165, 1.54) is 12.1 Å². The van der Waals surface area contributed by atoms with Crippen molar-refractivity contribution in [1.82, 2.24) is 0 Å². The van der Waals surface area contributed by atoms with Gasteiger partial charge in [0.15, 0.2) is 0 Å². The zero-order valence-corrected chi connectivity index (χ0v) is 8.87. The first kappa shape index (κ1) is 11.5. The second kappa shape index (κ2) is 5.34. The van der Waals surface area contributed by atoms with Crippen LogP contribution in [0.4, 0.5) is 10.1 Å². The van der Waals surface area contributed by atoms with Crippen molar-refractivity contribution in [3.8, 4) is 5.75 Å². The van der Waals surface area contributed by atoms with Gasteiger partial charge in [0.05, 0.1) is 12.3 Å². The number of halogens is 1. The Labute approximate surface area is 88.5 Å². The second-order valence-electron chi connectivity index (χ2n) is 3.31. The van der Waals surface area contributed by atoms with Crippen LogP contribution in [-0.2, 0) is 4.79 Å². The third kappa shape index (κ3) is 3.23. The molecule has 0 atom stereocenters. The third-order valence-corrected chi connectivity index (χ3v) is 1.90. The Morgan fingerprint density at radius 3 is 2.80 bits per heavy atom. The molecule has 0 spiro atoms. The number of carbonyl (C=O) groups excluding carboxylic acids is 1. The summed E-state index contributed by atoms with van der Waals surface area (Å²) >= 11 is 0. The number of rotatable bonds is 5. The van der Waals surface area contributed by atoms with Crippen LogP contribution in [0.25, 0.3) is 0 Å². The van der Waals surface area contributed by atoms with E-state index in [0.717, 1.165) is 6.29 Å². The van der Waals surface area contributed by atoms with Gasteiger partial charge in [-0.1, -0.05) is 0 Å². The van der Waals surface area contributed by atoms with E-state index in [1.807, 2.05) is 0 Å². The van der Waals surface area contributed by atoms with Gasteiger partial charge in [0.25, 0.3) is 0 Å². The quantitative estimate of drug-likeness (QED) is 0.550. The normalized spacial score (nSPS) is 9.80. The summed E-state index contributed by atoms with van der Waals surface area (Å²) in [5, 5.41) is 0. The minimum Gasteiger partial charge on any atom is -0.491 e. The summed E-state index contributed by atoms with van der Waals surface area (Å²) in [7, 11) is 3.61. The van der Waals surface area contributed by atoms with Gasteiger partial charge >= 0.3 is 0 Å². The molecule has 0 radical (unpaired) electrons. The highest BCUT2D eigenvalue weighted by atomic mass is 19.1. The number of hydrogen-bond donors (Lipinski definition) is 0. The molecule has 1 aromatic rings. The minimum absolute atomic E-state index is 0.304. The van der Waals surface area contributed by atoms with Gasteiger partial charge < -0.3 is 14.4 Å². The molecule has 0 aliphatic rings. The van der Waals surface area contributed by atoms with Crippen molar-refractivity contribution < 1.29 is 13.9 Å². The lowest BCUT2D eigenvalue weighted by molar-refractivity contribution is -0.108. The first-order valence-corrected chi connectivity index (χ1v) is 4.68. The smallest absolute Gasteiger partial charge is 0.142 e. The van der Waals surface area contributed by atoms with Gasteiger partial charge in [-0.15, -0.1) is 0 Å². The molecule has 3 nitrogen and oxygen atoms in total. The summed E-state index contributed by atoms with van der Waals surface area (Å²) < 4.78 is 18.3. The monoisotopic (exact) mass is 211 g/mol. The molecule has 0 saturated heterocycles. The number of anilines is 1. The van der Waals surface area contributed by atoms with Gasteiger partial charge in [0, 0.05) is 26.6 Å². The van der Waals surface area contributed by atoms with Crippen molar-refractivity contribution in [3.05, 3.63) is 24.0 Å². The third-order valence-electron chi connectivity index (χ3n) is 1.90. The average molecular weight is 211 g/mol. The maximum Gasteiger partial charge on any atom is 0.142 e. The van der Waals surface area contributed by atoms with Crippen molar-refractivity contribution in [1.29, 1.82) is 0 Å². The number of nitrogens with zero attached hydrogens (tertiary/aromatic N) is 1. The Balaban J connectivity index is 2.81. The Morgan fingerprint density at radius 2 is 2.20 bits per heavy atom. The fourth-order valence-electron chi connectivity index (χ4n) is 1.18. The van der Waals surface area contributed by atoms with E-state index in [0.29, 0.717) is 24.5 Å². The molecule has 0 saturated carbocycles. The van der Waals surface area contributed by atoms with Gasteiger partial charge in [-0.2, -0.15) is 0 Å². The van der Waals surface area contributed by atoms with Crippen LogP contribution in [0.5, 0.6) is 5.75 Å². The molecule has 0 aliphatic carbocycles. The Bertz CT molecular complexity index is 339. The Hall–Kier alpha value is -1.58. The van der Waals surface area contributed by atoms with Crippen LogP contribution >= 0.6 is 0 Å². The van der Waals surface area contributed by atoms with Gasteiger partial charge in [-0.3, -0.25) is 0 Å². The molecule has 0 fully saturated rings. The molecule has 0 aromatic heterocycles. The summed E-state index contributed by atoms with van der Waals surface area (Å²) in [5.74, 6) is 0.282. The summed E-state index contributed by atoms with van der Waals surface area (Å²) in [4.78, 5) is 11.9. The zero-order chi connectivity index (χ0) is 11.3. The maximum absolute atomic E-state index is 13.0. The number of ether oxygens (including phenoxy) is 1. The number of aldehydes is 1. The standard InChI is InChI=1S/C11H14FNO2/c1-13(2)10-8-9(12)4-5-11(10)15-7-3-6-14/h4-6,8H,3,7H2,1-2H3. The lowest BCUT2D eigenvalue weighted by atomic mass is 10.2. The molecule has 82 valence electrons. The topological polar surface area (TPSA) is 29.5 Å². The lowest BCUT2D eigenvalue weighted by Gasteiger charge is -2.17. The predicted octanol–water partition coefficient (Wildman–Crippen LogP) is 1.86. The van der Waals surface area contributed by atoms with E-state index >= 15 is 0 Å². The summed E-state index contributed by atoms with van der Waals surface area (Å²) in [6, 6.07) is 4.30. The van der Waals surface area contributed by atoms with Crippen molar-refractivity contribution in [2.24, 2.45) is 0 Å². The highest BCUT2D eigenvalue weighted by Crippen LogP contribution is 2.27. The molecule has 0 amide bonds. The second-order valence-corrected chi connectivity index (χ2v) is 3.31. The molecule has 0 N–H and O–H groups in total. The lowest BCUT2D eigenvalue weighted by Crippen LogP contribution is -2.11. The highest BCUT2D eigenvalue weighted by molar-refractivity contribution is 5.58. The molecule has 0 aliphatic heterocycles. The van der Waals surface area contributed by atoms with Crippen LogP contribution in [0.2, 0.25) is 0 Å². The predicted molar refractivity (Wildman–Crippen MR) is 56.9 cm³/mol. The Kier molecular flexibility index (Phi) is 4.09. The zero-order valence-electron chi connectivity index (χ0n) is 8.87. The van der Waals surface area contributed by atoms with E-state index in [-0.39, 0.29) is 5.82 Å². The molecular formula is C11H14FNO2. The van der Waals surface area contributed by atoms with Gasteiger partial charge in [-0.05, 0) is 12.1 Å². The van der Waals surface area contributed by atoms with Crippen LogP contribution in [0.3, 0.4) is 0 Å². The molecular weight excluding hydrogens is 197 g/mol. The summed E-state index contributed by atoms with van der Waals surface area (Å²) in [6.07, 6.45) is 1.13. The van der Waals surface area contributed by atoms with Crippen LogP contribution in [0.15, 0.2) is 18.2 Å². The first-order chi connectivity index (χ1) is 7.15. The summed E-state index contributed by atoms with van der Waals surface area (Å²) in [5.41, 5.74) is 0.667. The highest BCUT2D eigenvalue weighted by Gasteiger charge is 2.06. The molecule has 1 aromatic carbocycles. The van der Waals surface area contributed by atoms with Crippen molar-refractivity contribution in [2.45, 2.75) is 6.42 Å². The van der Waals surface area contributed by atoms with Gasteiger partial charge in [-0.25, -0.2) is 4.39 Å². The van der Waals surface area contributed by atoms with Crippen LogP contribution in [-0.4, -0.2) is 27.0 Å². The molecule has 1 rings (SSSR count). The van der Waals surface area contributed by atoms with Crippen LogP contribution in [0.1, 0.15) is 6.42 Å². The molecule has 0 bridgehead atoms. The van der Waals surface area contributed by atoms with Gasteiger partial charge in [0.2, 0.25) is 0 Å². The van der Waals surface area contributed by atoms with Crippen molar-refractivity contribution >= 4 is 12.0 Å².